The topological polar surface area (TPSA) is 99.2 Å². The van der Waals surface area contributed by atoms with E-state index in [0.717, 1.165) is 5.56 Å². The lowest BCUT2D eigenvalue weighted by molar-refractivity contribution is -0.119. The number of nitrogens with one attached hydrogen (secondary N) is 1. The number of amides is 1. The van der Waals surface area contributed by atoms with Crippen molar-refractivity contribution in [1.82, 2.24) is 14.9 Å². The molecule has 4 aromatic rings. The summed E-state index contributed by atoms with van der Waals surface area (Å²) in [4.78, 5) is 26.5. The first-order valence-electron chi connectivity index (χ1n) is 10.4. The largest absolute Gasteiger partial charge is 0.497 e. The molecule has 0 aliphatic rings. The molecule has 2 heterocycles. The predicted molar refractivity (Wildman–Crippen MR) is 127 cm³/mol. The number of anilines is 1. The van der Waals surface area contributed by atoms with Gasteiger partial charge in [0.1, 0.15) is 23.2 Å². The minimum Gasteiger partial charge on any atom is -0.497 e. The van der Waals surface area contributed by atoms with Crippen LogP contribution < -0.4 is 15.6 Å². The van der Waals surface area contributed by atoms with Crippen LogP contribution in [0.1, 0.15) is 30.7 Å². The van der Waals surface area contributed by atoms with E-state index in [-0.39, 0.29) is 11.4 Å². The maximum absolute atomic E-state index is 13.3. The number of halogens is 1. The van der Waals surface area contributed by atoms with Crippen LogP contribution in [0.25, 0.3) is 22.2 Å². The summed E-state index contributed by atoms with van der Waals surface area (Å²) in [5.41, 5.74) is 2.23. The number of carbonyl (C=O) groups excluding carboxylic acids is 1. The van der Waals surface area contributed by atoms with Crippen molar-refractivity contribution >= 4 is 34.1 Å². The maximum atomic E-state index is 13.3. The van der Waals surface area contributed by atoms with Crippen LogP contribution in [0.15, 0.2) is 51.8 Å². The van der Waals surface area contributed by atoms with Gasteiger partial charge in [-0.1, -0.05) is 41.9 Å². The zero-order valence-electron chi connectivity index (χ0n) is 18.7. The molecule has 33 heavy (non-hydrogen) atoms. The number of fused-ring (bicyclic) bond motifs is 1. The molecule has 170 valence electrons. The van der Waals surface area contributed by atoms with Gasteiger partial charge in [0, 0.05) is 16.3 Å². The third kappa shape index (κ3) is 4.21. The van der Waals surface area contributed by atoms with Crippen LogP contribution >= 0.6 is 11.6 Å². The molecule has 0 spiro atoms. The third-order valence-corrected chi connectivity index (χ3v) is 5.74. The Balaban J connectivity index is 1.85. The first kappa shape index (κ1) is 22.5. The summed E-state index contributed by atoms with van der Waals surface area (Å²) in [5.74, 6) is 0.718. The minimum atomic E-state index is -0.873. The van der Waals surface area contributed by atoms with Gasteiger partial charge in [-0.15, -0.1) is 0 Å². The van der Waals surface area contributed by atoms with Gasteiger partial charge >= 0.3 is 0 Å². The van der Waals surface area contributed by atoms with E-state index in [1.54, 1.807) is 32.2 Å². The number of ether oxygens (including phenoxy) is 1. The Labute approximate surface area is 195 Å². The normalized spacial score (nSPS) is 12.0. The van der Waals surface area contributed by atoms with Gasteiger partial charge in [-0.05, 0) is 50.1 Å². The summed E-state index contributed by atoms with van der Waals surface area (Å²) < 4.78 is 11.8. The van der Waals surface area contributed by atoms with Crippen LogP contribution in [0.4, 0.5) is 5.69 Å². The van der Waals surface area contributed by atoms with Gasteiger partial charge in [-0.2, -0.15) is 5.10 Å². The highest BCUT2D eigenvalue weighted by atomic mass is 35.5. The Kier molecular flexibility index (Phi) is 6.20. The molecule has 2 aromatic heterocycles. The molecule has 2 aromatic carbocycles. The smallest absolute Gasteiger partial charge is 0.297 e. The predicted octanol–water partition coefficient (Wildman–Crippen LogP) is 4.92. The standard InChI is InChI=1S/C24H23ClN4O4/c1-5-19(23(30)26-18-12-16(25)10-9-13(18)2)29-24(31)22-20(14(3)33-28-22)21(27-29)15-7-6-8-17(11-15)32-4/h6-12,19H,5H2,1-4H3,(H,26,30). The van der Waals surface area contributed by atoms with Gasteiger partial charge in [0.15, 0.2) is 5.52 Å². The van der Waals surface area contributed by atoms with Crippen LogP contribution in [-0.4, -0.2) is 28.0 Å². The molecule has 0 fully saturated rings. The number of hydrogen-bond donors (Lipinski definition) is 1. The number of aromatic nitrogens is 3. The number of carbonyl (C=O) groups is 1. The van der Waals surface area contributed by atoms with Crippen LogP contribution in [-0.2, 0) is 4.79 Å². The second kappa shape index (κ2) is 9.07. The van der Waals surface area contributed by atoms with Crippen molar-refractivity contribution in [2.75, 3.05) is 12.4 Å². The quantitative estimate of drug-likeness (QED) is 0.433. The van der Waals surface area contributed by atoms with Crippen molar-refractivity contribution in [3.8, 4) is 17.0 Å². The van der Waals surface area contributed by atoms with E-state index in [9.17, 15) is 9.59 Å². The van der Waals surface area contributed by atoms with Gasteiger partial charge < -0.3 is 14.6 Å². The first-order valence-corrected chi connectivity index (χ1v) is 10.8. The molecule has 9 heteroatoms. The summed E-state index contributed by atoms with van der Waals surface area (Å²) in [6.45, 7) is 5.39. The van der Waals surface area contributed by atoms with Gasteiger partial charge in [-0.3, -0.25) is 9.59 Å². The Morgan fingerprint density at radius 3 is 2.76 bits per heavy atom. The summed E-state index contributed by atoms with van der Waals surface area (Å²) in [7, 11) is 1.57. The van der Waals surface area contributed by atoms with Gasteiger partial charge in [-0.25, -0.2) is 4.68 Å². The second-order valence-corrected chi connectivity index (χ2v) is 8.10. The molecule has 0 aliphatic carbocycles. The van der Waals surface area contributed by atoms with Crippen molar-refractivity contribution in [3.05, 3.63) is 69.2 Å². The third-order valence-electron chi connectivity index (χ3n) is 5.50. The SMILES string of the molecule is CCC(C(=O)Nc1cc(Cl)ccc1C)n1nc(-c2cccc(OC)c2)c2c(C)onc2c1=O. The molecule has 0 saturated carbocycles. The first-order chi connectivity index (χ1) is 15.8. The highest BCUT2D eigenvalue weighted by Crippen LogP contribution is 2.30. The van der Waals surface area contributed by atoms with E-state index >= 15 is 0 Å². The molecule has 1 N–H and O–H groups in total. The molecule has 0 saturated heterocycles. The van der Waals surface area contributed by atoms with Gasteiger partial charge in [0.2, 0.25) is 5.91 Å². The number of benzene rings is 2. The number of rotatable bonds is 6. The van der Waals surface area contributed by atoms with E-state index in [1.165, 1.54) is 4.68 Å². The van der Waals surface area contributed by atoms with Crippen LogP contribution in [0, 0.1) is 13.8 Å². The Morgan fingerprint density at radius 1 is 1.24 bits per heavy atom. The van der Waals surface area contributed by atoms with Crippen molar-refractivity contribution in [3.63, 3.8) is 0 Å². The van der Waals surface area contributed by atoms with Crippen molar-refractivity contribution < 1.29 is 14.1 Å². The second-order valence-electron chi connectivity index (χ2n) is 7.67. The Hall–Kier alpha value is -3.65. The zero-order valence-corrected chi connectivity index (χ0v) is 19.4. The molecule has 1 amide bonds. The minimum absolute atomic E-state index is 0.116. The van der Waals surface area contributed by atoms with E-state index < -0.39 is 11.6 Å². The fourth-order valence-corrected chi connectivity index (χ4v) is 3.88. The number of nitrogens with zero attached hydrogens (tertiary/aromatic N) is 3. The molecular formula is C24H23ClN4O4. The molecule has 1 atom stereocenters. The monoisotopic (exact) mass is 466 g/mol. The van der Waals surface area contributed by atoms with E-state index in [2.05, 4.69) is 15.6 Å². The summed E-state index contributed by atoms with van der Waals surface area (Å²) in [6, 6.07) is 11.6. The molecule has 8 nitrogen and oxygen atoms in total. The van der Waals surface area contributed by atoms with Crippen LogP contribution in [0.5, 0.6) is 5.75 Å². The average molecular weight is 467 g/mol. The number of methoxy groups -OCH3 is 1. The molecule has 4 rings (SSSR count). The fraction of sp³-hybridized carbons (Fsp3) is 0.250. The molecule has 0 radical (unpaired) electrons. The highest BCUT2D eigenvalue weighted by molar-refractivity contribution is 6.31. The molecule has 0 bridgehead atoms. The van der Waals surface area contributed by atoms with Crippen LogP contribution in [0.2, 0.25) is 5.02 Å². The van der Waals surface area contributed by atoms with Crippen molar-refractivity contribution in [1.29, 1.82) is 0 Å². The average Bonchev–Trinajstić information content (AvgIpc) is 3.20. The van der Waals surface area contributed by atoms with Crippen LogP contribution in [0.3, 0.4) is 0 Å². The maximum Gasteiger partial charge on any atom is 0.297 e. The van der Waals surface area contributed by atoms with E-state index in [4.69, 9.17) is 20.9 Å². The summed E-state index contributed by atoms with van der Waals surface area (Å²) in [5, 5.41) is 12.5. The summed E-state index contributed by atoms with van der Waals surface area (Å²) >= 11 is 6.09. The highest BCUT2D eigenvalue weighted by Gasteiger charge is 2.26. The molecule has 0 aliphatic heterocycles. The zero-order chi connectivity index (χ0) is 23.7. The molecular weight excluding hydrogens is 444 g/mol. The van der Waals surface area contributed by atoms with Crippen molar-refractivity contribution in [2.45, 2.75) is 33.2 Å². The van der Waals surface area contributed by atoms with E-state index in [1.807, 2.05) is 38.1 Å². The van der Waals surface area contributed by atoms with Gasteiger partial charge in [0.25, 0.3) is 5.56 Å². The number of hydrogen-bond acceptors (Lipinski definition) is 6. The van der Waals surface area contributed by atoms with Gasteiger partial charge in [0.05, 0.1) is 12.5 Å². The van der Waals surface area contributed by atoms with Crippen molar-refractivity contribution in [2.24, 2.45) is 0 Å². The lowest BCUT2D eigenvalue weighted by Crippen LogP contribution is -2.35. The summed E-state index contributed by atoms with van der Waals surface area (Å²) in [6.07, 6.45) is 0.332. The Morgan fingerprint density at radius 2 is 2.03 bits per heavy atom. The Bertz CT molecular complexity index is 1410. The van der Waals surface area contributed by atoms with E-state index in [0.29, 0.717) is 45.3 Å². The molecule has 1 unspecified atom stereocenters. The lowest BCUT2D eigenvalue weighted by Gasteiger charge is -2.19. The fourth-order valence-electron chi connectivity index (χ4n) is 3.71. The lowest BCUT2D eigenvalue weighted by atomic mass is 10.1. The number of aryl methyl sites for hydroxylation is 2.